The zero-order chi connectivity index (χ0) is 15.4. The maximum Gasteiger partial charge on any atom is 0.241 e. The molecule has 4 nitrogen and oxygen atoms in total. The fraction of sp³-hybridized carbons (Fsp3) is 0.133. The number of benzene rings is 2. The van der Waals surface area contributed by atoms with Gasteiger partial charge in [-0.05, 0) is 36.2 Å². The number of hydrogen-bond acceptors (Lipinski definition) is 3. The second kappa shape index (κ2) is 6.32. The van der Waals surface area contributed by atoms with Gasteiger partial charge in [-0.25, -0.2) is 8.78 Å². The van der Waals surface area contributed by atoms with E-state index in [1.54, 1.807) is 12.1 Å². The van der Waals surface area contributed by atoms with E-state index in [1.807, 2.05) is 0 Å². The number of aromatic hydroxyl groups is 1. The van der Waals surface area contributed by atoms with Gasteiger partial charge in [0.15, 0.2) is 0 Å². The standard InChI is InChI=1S/C15H14F2N2O2/c16-10-3-6-14(12(17)8-10)19-15(21)13(18)7-9-1-4-11(20)5-2-9/h1-6,8,13,20H,7,18H2,(H,19,21)/t13-/m1/s1. The molecule has 2 rings (SSSR count). The van der Waals surface area contributed by atoms with Crippen molar-refractivity contribution in [3.8, 4) is 5.75 Å². The number of halogens is 2. The van der Waals surface area contributed by atoms with Crippen LogP contribution in [0.5, 0.6) is 5.75 Å². The summed E-state index contributed by atoms with van der Waals surface area (Å²) in [6, 6.07) is 8.22. The zero-order valence-electron chi connectivity index (χ0n) is 11.0. The predicted octanol–water partition coefficient (Wildman–Crippen LogP) is 2.18. The number of carbonyl (C=O) groups excluding carboxylic acids is 1. The Morgan fingerprint density at radius 1 is 1.19 bits per heavy atom. The molecule has 1 atom stereocenters. The summed E-state index contributed by atoms with van der Waals surface area (Å²) in [7, 11) is 0. The van der Waals surface area contributed by atoms with Crippen molar-refractivity contribution in [1.82, 2.24) is 0 Å². The van der Waals surface area contributed by atoms with Crippen LogP contribution >= 0.6 is 0 Å². The van der Waals surface area contributed by atoms with Gasteiger partial charge in [-0.3, -0.25) is 4.79 Å². The van der Waals surface area contributed by atoms with Crippen LogP contribution in [0.4, 0.5) is 14.5 Å². The fourth-order valence-electron chi connectivity index (χ4n) is 1.79. The highest BCUT2D eigenvalue weighted by molar-refractivity contribution is 5.94. The molecule has 2 aromatic rings. The average molecular weight is 292 g/mol. The molecule has 110 valence electrons. The molecular weight excluding hydrogens is 278 g/mol. The number of amides is 1. The van der Waals surface area contributed by atoms with Crippen molar-refractivity contribution < 1.29 is 18.7 Å². The van der Waals surface area contributed by atoms with Crippen LogP contribution in [-0.4, -0.2) is 17.1 Å². The Labute approximate surface area is 120 Å². The van der Waals surface area contributed by atoms with Crippen LogP contribution in [0.15, 0.2) is 42.5 Å². The van der Waals surface area contributed by atoms with E-state index in [0.29, 0.717) is 6.07 Å². The Morgan fingerprint density at radius 2 is 1.86 bits per heavy atom. The van der Waals surface area contributed by atoms with E-state index in [9.17, 15) is 13.6 Å². The third-order valence-corrected chi connectivity index (χ3v) is 2.92. The summed E-state index contributed by atoms with van der Waals surface area (Å²) in [5.41, 5.74) is 6.38. The number of nitrogens with two attached hydrogens (primary N) is 1. The van der Waals surface area contributed by atoms with Gasteiger partial charge in [0.1, 0.15) is 17.4 Å². The molecule has 21 heavy (non-hydrogen) atoms. The van der Waals surface area contributed by atoms with Gasteiger partial charge in [-0.1, -0.05) is 12.1 Å². The van der Waals surface area contributed by atoms with Gasteiger partial charge in [0.25, 0.3) is 0 Å². The lowest BCUT2D eigenvalue weighted by atomic mass is 10.1. The summed E-state index contributed by atoms with van der Waals surface area (Å²) in [6.07, 6.45) is 0.231. The van der Waals surface area contributed by atoms with Gasteiger partial charge < -0.3 is 16.2 Å². The van der Waals surface area contributed by atoms with E-state index < -0.39 is 23.6 Å². The lowest BCUT2D eigenvalue weighted by Gasteiger charge is -2.13. The molecule has 0 bridgehead atoms. The molecule has 0 fully saturated rings. The molecule has 6 heteroatoms. The summed E-state index contributed by atoms with van der Waals surface area (Å²) in [5, 5.41) is 11.5. The van der Waals surface area contributed by atoms with Gasteiger partial charge >= 0.3 is 0 Å². The Hall–Kier alpha value is -2.47. The predicted molar refractivity (Wildman–Crippen MR) is 74.8 cm³/mol. The highest BCUT2D eigenvalue weighted by Gasteiger charge is 2.16. The molecule has 0 aromatic heterocycles. The highest BCUT2D eigenvalue weighted by Crippen LogP contribution is 2.16. The molecule has 0 aliphatic heterocycles. The Bertz CT molecular complexity index is 645. The first-order valence-electron chi connectivity index (χ1n) is 6.25. The minimum Gasteiger partial charge on any atom is -0.508 e. The van der Waals surface area contributed by atoms with Crippen LogP contribution in [-0.2, 0) is 11.2 Å². The van der Waals surface area contributed by atoms with E-state index in [0.717, 1.165) is 17.7 Å². The van der Waals surface area contributed by atoms with Gasteiger partial charge in [0, 0.05) is 6.07 Å². The first-order valence-corrected chi connectivity index (χ1v) is 6.25. The minimum atomic E-state index is -0.890. The SMILES string of the molecule is N[C@H](Cc1ccc(O)cc1)C(=O)Nc1ccc(F)cc1F. The van der Waals surface area contributed by atoms with E-state index >= 15 is 0 Å². The van der Waals surface area contributed by atoms with Crippen molar-refractivity contribution in [3.05, 3.63) is 59.7 Å². The topological polar surface area (TPSA) is 75.3 Å². The normalized spacial score (nSPS) is 12.0. The van der Waals surface area contributed by atoms with E-state index in [-0.39, 0.29) is 17.9 Å². The zero-order valence-corrected chi connectivity index (χ0v) is 11.0. The van der Waals surface area contributed by atoms with Crippen molar-refractivity contribution in [2.45, 2.75) is 12.5 Å². The molecular formula is C15H14F2N2O2. The second-order valence-electron chi connectivity index (χ2n) is 4.59. The summed E-state index contributed by atoms with van der Waals surface area (Å²) in [5.74, 6) is -2.04. The lowest BCUT2D eigenvalue weighted by Crippen LogP contribution is -2.37. The van der Waals surface area contributed by atoms with Crippen LogP contribution in [0.1, 0.15) is 5.56 Å². The first-order chi connectivity index (χ1) is 9.95. The lowest BCUT2D eigenvalue weighted by molar-refractivity contribution is -0.117. The number of rotatable bonds is 4. The Morgan fingerprint density at radius 3 is 2.48 bits per heavy atom. The molecule has 0 aliphatic carbocycles. The first kappa shape index (κ1) is 14.9. The smallest absolute Gasteiger partial charge is 0.241 e. The van der Waals surface area contributed by atoms with Crippen molar-refractivity contribution in [2.24, 2.45) is 5.73 Å². The number of nitrogens with one attached hydrogen (secondary N) is 1. The highest BCUT2D eigenvalue weighted by atomic mass is 19.1. The third-order valence-electron chi connectivity index (χ3n) is 2.92. The molecule has 0 saturated carbocycles. The Kier molecular flexibility index (Phi) is 4.49. The summed E-state index contributed by atoms with van der Waals surface area (Å²) >= 11 is 0. The van der Waals surface area contributed by atoms with Crippen molar-refractivity contribution >= 4 is 11.6 Å². The number of carbonyl (C=O) groups is 1. The van der Waals surface area contributed by atoms with Gasteiger partial charge in [0.05, 0.1) is 11.7 Å². The van der Waals surface area contributed by atoms with Gasteiger partial charge in [-0.15, -0.1) is 0 Å². The van der Waals surface area contributed by atoms with Gasteiger partial charge in [-0.2, -0.15) is 0 Å². The van der Waals surface area contributed by atoms with Crippen LogP contribution < -0.4 is 11.1 Å². The van der Waals surface area contributed by atoms with Crippen LogP contribution in [0.2, 0.25) is 0 Å². The molecule has 0 heterocycles. The molecule has 1 amide bonds. The minimum absolute atomic E-state index is 0.116. The maximum atomic E-state index is 13.4. The average Bonchev–Trinajstić information content (AvgIpc) is 2.44. The van der Waals surface area contributed by atoms with Crippen LogP contribution in [0.3, 0.4) is 0 Å². The van der Waals surface area contributed by atoms with E-state index in [4.69, 9.17) is 10.8 Å². The molecule has 0 saturated heterocycles. The van der Waals surface area contributed by atoms with Crippen molar-refractivity contribution in [2.75, 3.05) is 5.32 Å². The second-order valence-corrected chi connectivity index (χ2v) is 4.59. The monoisotopic (exact) mass is 292 g/mol. The maximum absolute atomic E-state index is 13.4. The molecule has 0 aliphatic rings. The summed E-state index contributed by atoms with van der Waals surface area (Å²) in [6.45, 7) is 0. The van der Waals surface area contributed by atoms with Crippen LogP contribution in [0.25, 0.3) is 0 Å². The largest absolute Gasteiger partial charge is 0.508 e. The number of phenolic OH excluding ortho intramolecular Hbond substituents is 1. The number of anilines is 1. The molecule has 0 radical (unpaired) electrons. The van der Waals surface area contributed by atoms with Crippen molar-refractivity contribution in [3.63, 3.8) is 0 Å². The molecule has 4 N–H and O–H groups in total. The molecule has 2 aromatic carbocycles. The quantitative estimate of drug-likeness (QED) is 0.808. The van der Waals surface area contributed by atoms with E-state index in [2.05, 4.69) is 5.32 Å². The number of hydrogen-bond donors (Lipinski definition) is 3. The molecule has 0 spiro atoms. The number of phenols is 1. The van der Waals surface area contributed by atoms with Crippen molar-refractivity contribution in [1.29, 1.82) is 0 Å². The Balaban J connectivity index is 2.00. The summed E-state index contributed by atoms with van der Waals surface area (Å²) < 4.78 is 26.2. The summed E-state index contributed by atoms with van der Waals surface area (Å²) in [4.78, 5) is 11.9. The third kappa shape index (κ3) is 4.00. The fourth-order valence-corrected chi connectivity index (χ4v) is 1.79. The van der Waals surface area contributed by atoms with E-state index in [1.165, 1.54) is 12.1 Å². The van der Waals surface area contributed by atoms with Crippen LogP contribution in [0, 0.1) is 11.6 Å². The molecule has 0 unspecified atom stereocenters. The van der Waals surface area contributed by atoms with Gasteiger partial charge in [0.2, 0.25) is 5.91 Å².